The number of rotatable bonds is 6. The predicted octanol–water partition coefficient (Wildman–Crippen LogP) is 0.511. The van der Waals surface area contributed by atoms with E-state index in [1.165, 1.54) is 28.6 Å². The summed E-state index contributed by atoms with van der Waals surface area (Å²) in [5.41, 5.74) is 0.418. The number of ether oxygens (including phenoxy) is 1. The second kappa shape index (κ2) is 7.53. The molecule has 23 heavy (non-hydrogen) atoms. The minimum Gasteiger partial charge on any atom is -0.481 e. The van der Waals surface area contributed by atoms with Gasteiger partial charge >= 0.3 is 5.97 Å². The minimum atomic E-state index is -3.57. The molecule has 1 heterocycles. The summed E-state index contributed by atoms with van der Waals surface area (Å²) in [4.78, 5) is 22.1. The summed E-state index contributed by atoms with van der Waals surface area (Å²) < 4.78 is 31.3. The number of aliphatic carboxylic acids is 1. The topological polar surface area (TPSA) is 113 Å². The van der Waals surface area contributed by atoms with Crippen LogP contribution in [0.5, 0.6) is 0 Å². The summed E-state index contributed by atoms with van der Waals surface area (Å²) in [6.45, 7) is 1.37. The van der Waals surface area contributed by atoms with Gasteiger partial charge in [0, 0.05) is 25.2 Å². The number of nitrogens with zero attached hydrogens (tertiary/aromatic N) is 1. The monoisotopic (exact) mass is 342 g/mol. The first-order valence-corrected chi connectivity index (χ1v) is 8.53. The molecule has 8 nitrogen and oxygen atoms in total. The third kappa shape index (κ3) is 4.75. The Balaban J connectivity index is 2.01. The standard InChI is InChI=1S/C14H18N2O6S/c17-13(5-6-14(18)19)15-11-1-3-12(4-2-11)23(20,21)16-7-9-22-10-8-16/h1-4H,5-10H2,(H,15,17)(H,18,19). The molecule has 126 valence electrons. The molecular formula is C14H18N2O6S. The molecule has 0 spiro atoms. The van der Waals surface area contributed by atoms with Crippen LogP contribution in [0.25, 0.3) is 0 Å². The van der Waals surface area contributed by atoms with Crippen LogP contribution < -0.4 is 5.32 Å². The maximum Gasteiger partial charge on any atom is 0.303 e. The number of amides is 1. The van der Waals surface area contributed by atoms with E-state index in [2.05, 4.69) is 5.32 Å². The Labute approximate surface area is 134 Å². The smallest absolute Gasteiger partial charge is 0.303 e. The van der Waals surface area contributed by atoms with Gasteiger partial charge in [0.25, 0.3) is 0 Å². The molecule has 0 aromatic heterocycles. The summed E-state index contributed by atoms with van der Waals surface area (Å²) in [5, 5.41) is 11.0. The molecule has 0 saturated carbocycles. The van der Waals surface area contributed by atoms with E-state index in [1.807, 2.05) is 0 Å². The zero-order valence-corrected chi connectivity index (χ0v) is 13.2. The first-order valence-electron chi connectivity index (χ1n) is 7.09. The molecule has 1 aromatic carbocycles. The molecular weight excluding hydrogens is 324 g/mol. The lowest BCUT2D eigenvalue weighted by atomic mass is 10.2. The molecule has 0 aliphatic carbocycles. The van der Waals surface area contributed by atoms with Gasteiger partial charge in [0.2, 0.25) is 15.9 Å². The van der Waals surface area contributed by atoms with Crippen molar-refractivity contribution in [2.24, 2.45) is 0 Å². The molecule has 9 heteroatoms. The maximum atomic E-state index is 12.4. The van der Waals surface area contributed by atoms with Gasteiger partial charge in [-0.05, 0) is 24.3 Å². The quantitative estimate of drug-likeness (QED) is 0.779. The Morgan fingerprint density at radius 1 is 1.13 bits per heavy atom. The van der Waals surface area contributed by atoms with Crippen molar-refractivity contribution in [1.82, 2.24) is 4.31 Å². The van der Waals surface area contributed by atoms with Crippen LogP contribution in [-0.4, -0.2) is 56.0 Å². The number of hydrogen-bond donors (Lipinski definition) is 2. The lowest BCUT2D eigenvalue weighted by Gasteiger charge is -2.26. The number of carbonyl (C=O) groups excluding carboxylic acids is 1. The van der Waals surface area contributed by atoms with Crippen LogP contribution in [-0.2, 0) is 24.3 Å². The van der Waals surface area contributed by atoms with Crippen LogP contribution in [0.2, 0.25) is 0 Å². The van der Waals surface area contributed by atoms with Crippen LogP contribution in [0.3, 0.4) is 0 Å². The lowest BCUT2D eigenvalue weighted by molar-refractivity contribution is -0.138. The van der Waals surface area contributed by atoms with Gasteiger partial charge in [-0.15, -0.1) is 0 Å². The van der Waals surface area contributed by atoms with E-state index in [-0.39, 0.29) is 17.7 Å². The average Bonchev–Trinajstić information content (AvgIpc) is 2.54. The molecule has 1 aliphatic rings. The number of hydrogen-bond acceptors (Lipinski definition) is 5. The molecule has 1 amide bonds. The number of anilines is 1. The van der Waals surface area contributed by atoms with Gasteiger partial charge in [0.15, 0.2) is 0 Å². The fourth-order valence-corrected chi connectivity index (χ4v) is 3.50. The molecule has 0 bridgehead atoms. The van der Waals surface area contributed by atoms with Crippen LogP contribution >= 0.6 is 0 Å². The maximum absolute atomic E-state index is 12.4. The van der Waals surface area contributed by atoms with E-state index in [9.17, 15) is 18.0 Å². The normalized spacial score (nSPS) is 16.0. The molecule has 1 aromatic rings. The van der Waals surface area contributed by atoms with E-state index < -0.39 is 21.9 Å². The highest BCUT2D eigenvalue weighted by Gasteiger charge is 2.26. The Kier molecular flexibility index (Phi) is 5.69. The van der Waals surface area contributed by atoms with Gasteiger partial charge < -0.3 is 15.2 Å². The van der Waals surface area contributed by atoms with E-state index >= 15 is 0 Å². The summed E-state index contributed by atoms with van der Waals surface area (Å²) in [6, 6.07) is 5.78. The van der Waals surface area contributed by atoms with E-state index in [0.717, 1.165) is 0 Å². The van der Waals surface area contributed by atoms with E-state index in [4.69, 9.17) is 9.84 Å². The van der Waals surface area contributed by atoms with Crippen molar-refractivity contribution in [3.05, 3.63) is 24.3 Å². The number of nitrogens with one attached hydrogen (secondary N) is 1. The van der Waals surface area contributed by atoms with Crippen LogP contribution in [0.1, 0.15) is 12.8 Å². The van der Waals surface area contributed by atoms with Crippen LogP contribution in [0, 0.1) is 0 Å². The zero-order chi connectivity index (χ0) is 16.9. The summed E-state index contributed by atoms with van der Waals surface area (Å²) >= 11 is 0. The Hall–Kier alpha value is -1.97. The van der Waals surface area contributed by atoms with Crippen molar-refractivity contribution in [3.63, 3.8) is 0 Å². The Morgan fingerprint density at radius 3 is 2.30 bits per heavy atom. The molecule has 1 aliphatic heterocycles. The fourth-order valence-electron chi connectivity index (χ4n) is 2.09. The number of carboxylic acids is 1. The zero-order valence-electron chi connectivity index (χ0n) is 12.4. The largest absolute Gasteiger partial charge is 0.481 e. The van der Waals surface area contributed by atoms with Gasteiger partial charge in [-0.3, -0.25) is 9.59 Å². The Bertz CT molecular complexity index is 665. The van der Waals surface area contributed by atoms with Gasteiger partial charge in [-0.2, -0.15) is 4.31 Å². The number of carboxylic acid groups (broad SMARTS) is 1. The van der Waals surface area contributed by atoms with Crippen molar-refractivity contribution in [2.45, 2.75) is 17.7 Å². The highest BCUT2D eigenvalue weighted by atomic mass is 32.2. The first-order chi connectivity index (χ1) is 10.9. The average molecular weight is 342 g/mol. The third-order valence-electron chi connectivity index (χ3n) is 3.31. The number of morpholine rings is 1. The first kappa shape index (κ1) is 17.4. The molecule has 0 unspecified atom stereocenters. The Morgan fingerprint density at radius 2 is 1.74 bits per heavy atom. The van der Waals surface area contributed by atoms with Gasteiger partial charge in [-0.1, -0.05) is 0 Å². The van der Waals surface area contributed by atoms with Crippen molar-refractivity contribution < 1.29 is 27.9 Å². The highest BCUT2D eigenvalue weighted by Crippen LogP contribution is 2.19. The summed E-state index contributed by atoms with van der Waals surface area (Å²) in [7, 11) is -3.57. The lowest BCUT2D eigenvalue weighted by Crippen LogP contribution is -2.40. The second-order valence-electron chi connectivity index (χ2n) is 4.98. The van der Waals surface area contributed by atoms with Gasteiger partial charge in [0.1, 0.15) is 0 Å². The molecule has 0 atom stereocenters. The highest BCUT2D eigenvalue weighted by molar-refractivity contribution is 7.89. The molecule has 1 saturated heterocycles. The number of benzene rings is 1. The van der Waals surface area contributed by atoms with Crippen molar-refractivity contribution in [2.75, 3.05) is 31.6 Å². The van der Waals surface area contributed by atoms with E-state index in [0.29, 0.717) is 32.0 Å². The molecule has 1 fully saturated rings. The van der Waals surface area contributed by atoms with Crippen LogP contribution in [0.4, 0.5) is 5.69 Å². The second-order valence-corrected chi connectivity index (χ2v) is 6.92. The minimum absolute atomic E-state index is 0.136. The van der Waals surface area contributed by atoms with Gasteiger partial charge in [0.05, 0.1) is 24.5 Å². The molecule has 2 N–H and O–H groups in total. The van der Waals surface area contributed by atoms with Crippen LogP contribution in [0.15, 0.2) is 29.2 Å². The van der Waals surface area contributed by atoms with Crippen molar-refractivity contribution >= 4 is 27.6 Å². The van der Waals surface area contributed by atoms with E-state index in [1.54, 1.807) is 0 Å². The summed E-state index contributed by atoms with van der Waals surface area (Å²) in [5.74, 6) is -1.48. The van der Waals surface area contributed by atoms with Gasteiger partial charge in [-0.25, -0.2) is 8.42 Å². The third-order valence-corrected chi connectivity index (χ3v) is 5.22. The number of carbonyl (C=O) groups is 2. The van der Waals surface area contributed by atoms with Crippen molar-refractivity contribution in [3.8, 4) is 0 Å². The molecule has 0 radical (unpaired) electrons. The molecule has 2 rings (SSSR count). The summed E-state index contributed by atoms with van der Waals surface area (Å²) in [6.07, 6.45) is -0.390. The number of sulfonamides is 1. The SMILES string of the molecule is O=C(O)CCC(=O)Nc1ccc(S(=O)(=O)N2CCOCC2)cc1. The fraction of sp³-hybridized carbons (Fsp3) is 0.429. The van der Waals surface area contributed by atoms with Crippen molar-refractivity contribution in [1.29, 1.82) is 0 Å². The predicted molar refractivity (Wildman–Crippen MR) is 81.5 cm³/mol.